The van der Waals surface area contributed by atoms with E-state index in [-0.39, 0.29) is 0 Å². The average molecular weight is 198 g/mol. The van der Waals surface area contributed by atoms with E-state index in [2.05, 4.69) is 38.3 Å². The van der Waals surface area contributed by atoms with Gasteiger partial charge >= 0.3 is 0 Å². The van der Waals surface area contributed by atoms with Gasteiger partial charge in [0.15, 0.2) is 0 Å². The first-order chi connectivity index (χ1) is 6.52. The zero-order valence-electron chi connectivity index (χ0n) is 10.2. The first-order valence-corrected chi connectivity index (χ1v) is 5.96. The Morgan fingerprint density at radius 2 is 2.14 bits per heavy atom. The van der Waals surface area contributed by atoms with E-state index >= 15 is 0 Å². The highest BCUT2D eigenvalue weighted by molar-refractivity contribution is 4.79. The van der Waals surface area contributed by atoms with E-state index in [0.717, 1.165) is 25.0 Å². The van der Waals surface area contributed by atoms with E-state index in [1.54, 1.807) is 0 Å². The summed E-state index contributed by atoms with van der Waals surface area (Å²) in [5.41, 5.74) is 0.415. The quantitative estimate of drug-likeness (QED) is 0.706. The molecule has 0 spiro atoms. The minimum Gasteiger partial charge on any atom is -0.315 e. The Bertz CT molecular complexity index is 158. The highest BCUT2D eigenvalue weighted by Gasteiger charge is 2.22. The Labute approximate surface area is 88.8 Å². The van der Waals surface area contributed by atoms with E-state index < -0.39 is 0 Å². The van der Waals surface area contributed by atoms with Crippen LogP contribution in [0.15, 0.2) is 0 Å². The van der Waals surface area contributed by atoms with Gasteiger partial charge in [-0.3, -0.25) is 0 Å². The van der Waals surface area contributed by atoms with Crippen molar-refractivity contribution in [3.05, 3.63) is 0 Å². The molecule has 0 radical (unpaired) electrons. The predicted molar refractivity (Wildman–Crippen MR) is 62.5 cm³/mol. The monoisotopic (exact) mass is 198 g/mol. The third kappa shape index (κ3) is 3.58. The van der Waals surface area contributed by atoms with Gasteiger partial charge in [0.25, 0.3) is 0 Å². The van der Waals surface area contributed by atoms with Crippen molar-refractivity contribution in [2.45, 2.75) is 46.6 Å². The number of hydrogen-bond donors (Lipinski definition) is 2. The van der Waals surface area contributed by atoms with E-state index in [0.29, 0.717) is 5.41 Å². The van der Waals surface area contributed by atoms with Crippen molar-refractivity contribution < 1.29 is 0 Å². The van der Waals surface area contributed by atoms with Gasteiger partial charge in [-0.1, -0.05) is 27.7 Å². The Morgan fingerprint density at radius 3 is 2.64 bits per heavy atom. The maximum absolute atomic E-state index is 3.59. The lowest BCUT2D eigenvalue weighted by Crippen LogP contribution is -2.40. The molecule has 1 heterocycles. The Kier molecular flexibility index (Phi) is 4.39. The molecular weight excluding hydrogens is 172 g/mol. The summed E-state index contributed by atoms with van der Waals surface area (Å²) in [7, 11) is 0. The lowest BCUT2D eigenvalue weighted by atomic mass is 9.81. The second kappa shape index (κ2) is 5.13. The molecule has 0 aliphatic carbocycles. The summed E-state index contributed by atoms with van der Waals surface area (Å²) >= 11 is 0. The Morgan fingerprint density at radius 1 is 1.43 bits per heavy atom. The van der Waals surface area contributed by atoms with Crippen molar-refractivity contribution in [3.8, 4) is 0 Å². The van der Waals surface area contributed by atoms with Gasteiger partial charge in [0, 0.05) is 19.1 Å². The molecule has 1 unspecified atom stereocenters. The molecule has 1 saturated heterocycles. The minimum atomic E-state index is 0.415. The SMILES string of the molecule is CC(C)C(C)(C)CNCC1CCCN1. The van der Waals surface area contributed by atoms with Crippen molar-refractivity contribution in [2.24, 2.45) is 11.3 Å². The zero-order chi connectivity index (χ0) is 10.6. The van der Waals surface area contributed by atoms with Gasteiger partial charge in [-0.05, 0) is 30.7 Å². The highest BCUT2D eigenvalue weighted by Crippen LogP contribution is 2.24. The molecule has 1 atom stereocenters. The van der Waals surface area contributed by atoms with Crippen LogP contribution >= 0.6 is 0 Å². The van der Waals surface area contributed by atoms with Crippen molar-refractivity contribution in [1.82, 2.24) is 10.6 Å². The zero-order valence-corrected chi connectivity index (χ0v) is 10.2. The van der Waals surface area contributed by atoms with Gasteiger partial charge in [-0.25, -0.2) is 0 Å². The smallest absolute Gasteiger partial charge is 0.0192 e. The van der Waals surface area contributed by atoms with Crippen LogP contribution in [-0.4, -0.2) is 25.7 Å². The Hall–Kier alpha value is -0.0800. The lowest BCUT2D eigenvalue weighted by molar-refractivity contribution is 0.236. The first kappa shape index (κ1) is 12.0. The molecule has 14 heavy (non-hydrogen) atoms. The molecule has 0 amide bonds. The summed E-state index contributed by atoms with van der Waals surface area (Å²) in [5, 5.41) is 7.10. The van der Waals surface area contributed by atoms with E-state index in [1.807, 2.05) is 0 Å². The first-order valence-electron chi connectivity index (χ1n) is 5.96. The van der Waals surface area contributed by atoms with E-state index in [1.165, 1.54) is 19.4 Å². The fraction of sp³-hybridized carbons (Fsp3) is 1.00. The summed E-state index contributed by atoms with van der Waals surface area (Å²) in [6.45, 7) is 12.8. The second-order valence-corrected chi connectivity index (χ2v) is 5.57. The van der Waals surface area contributed by atoms with E-state index in [9.17, 15) is 0 Å². The molecule has 1 aliphatic rings. The topological polar surface area (TPSA) is 24.1 Å². The van der Waals surface area contributed by atoms with Crippen LogP contribution in [0.5, 0.6) is 0 Å². The summed E-state index contributed by atoms with van der Waals surface area (Å²) in [6, 6.07) is 0.720. The fourth-order valence-corrected chi connectivity index (χ4v) is 1.70. The summed E-state index contributed by atoms with van der Waals surface area (Å²) in [6.07, 6.45) is 2.69. The van der Waals surface area contributed by atoms with Gasteiger partial charge in [0.05, 0.1) is 0 Å². The average Bonchev–Trinajstić information content (AvgIpc) is 2.56. The van der Waals surface area contributed by atoms with Crippen molar-refractivity contribution in [3.63, 3.8) is 0 Å². The van der Waals surface area contributed by atoms with E-state index in [4.69, 9.17) is 0 Å². The lowest BCUT2D eigenvalue weighted by Gasteiger charge is -2.30. The maximum Gasteiger partial charge on any atom is 0.0192 e. The van der Waals surface area contributed by atoms with Gasteiger partial charge in [0.1, 0.15) is 0 Å². The van der Waals surface area contributed by atoms with Gasteiger partial charge in [-0.2, -0.15) is 0 Å². The minimum absolute atomic E-state index is 0.415. The molecule has 2 N–H and O–H groups in total. The Balaban J connectivity index is 2.13. The highest BCUT2D eigenvalue weighted by atomic mass is 15.0. The van der Waals surface area contributed by atoms with Crippen LogP contribution in [0.3, 0.4) is 0 Å². The third-order valence-corrected chi connectivity index (χ3v) is 3.70. The van der Waals surface area contributed by atoms with Crippen LogP contribution in [0.2, 0.25) is 0 Å². The molecule has 0 aromatic heterocycles. The summed E-state index contributed by atoms with van der Waals surface area (Å²) in [5.74, 6) is 0.742. The fourth-order valence-electron chi connectivity index (χ4n) is 1.70. The summed E-state index contributed by atoms with van der Waals surface area (Å²) in [4.78, 5) is 0. The molecule has 84 valence electrons. The second-order valence-electron chi connectivity index (χ2n) is 5.57. The third-order valence-electron chi connectivity index (χ3n) is 3.70. The molecule has 1 fully saturated rings. The van der Waals surface area contributed by atoms with Crippen LogP contribution in [0.4, 0.5) is 0 Å². The molecule has 0 saturated carbocycles. The molecule has 1 aliphatic heterocycles. The van der Waals surface area contributed by atoms with Crippen LogP contribution in [0, 0.1) is 11.3 Å². The maximum atomic E-state index is 3.59. The predicted octanol–water partition coefficient (Wildman–Crippen LogP) is 2.01. The van der Waals surface area contributed by atoms with Crippen molar-refractivity contribution in [1.29, 1.82) is 0 Å². The van der Waals surface area contributed by atoms with Gasteiger partial charge in [0.2, 0.25) is 0 Å². The van der Waals surface area contributed by atoms with Gasteiger partial charge in [-0.15, -0.1) is 0 Å². The number of nitrogens with one attached hydrogen (secondary N) is 2. The molecule has 0 bridgehead atoms. The normalized spacial score (nSPS) is 23.4. The number of rotatable bonds is 5. The van der Waals surface area contributed by atoms with Crippen LogP contribution in [0.1, 0.15) is 40.5 Å². The number of hydrogen-bond acceptors (Lipinski definition) is 2. The molecule has 0 aromatic carbocycles. The molecule has 0 aromatic rings. The van der Waals surface area contributed by atoms with Crippen LogP contribution in [0.25, 0.3) is 0 Å². The standard InChI is InChI=1S/C12H26N2/c1-10(2)12(3,4)9-13-8-11-6-5-7-14-11/h10-11,13-14H,5-9H2,1-4H3. The molecule has 2 nitrogen and oxygen atoms in total. The summed E-state index contributed by atoms with van der Waals surface area (Å²) < 4.78 is 0. The molecular formula is C12H26N2. The van der Waals surface area contributed by atoms with Crippen LogP contribution in [-0.2, 0) is 0 Å². The molecule has 2 heteroatoms. The van der Waals surface area contributed by atoms with Crippen molar-refractivity contribution >= 4 is 0 Å². The van der Waals surface area contributed by atoms with Gasteiger partial charge < -0.3 is 10.6 Å². The van der Waals surface area contributed by atoms with Crippen LogP contribution < -0.4 is 10.6 Å². The largest absolute Gasteiger partial charge is 0.315 e. The van der Waals surface area contributed by atoms with Crippen molar-refractivity contribution in [2.75, 3.05) is 19.6 Å². The molecule has 1 rings (SSSR count).